The maximum Gasteiger partial charge on any atom is 0.181 e. The summed E-state index contributed by atoms with van der Waals surface area (Å²) >= 11 is 0. The van der Waals surface area contributed by atoms with Crippen molar-refractivity contribution in [2.75, 3.05) is 7.11 Å². The van der Waals surface area contributed by atoms with Gasteiger partial charge in [0, 0.05) is 58.3 Å². The topological polar surface area (TPSA) is 105 Å². The Hall–Kier alpha value is -4.66. The van der Waals surface area contributed by atoms with Gasteiger partial charge < -0.3 is 9.72 Å². The van der Waals surface area contributed by atoms with Crippen LogP contribution in [0.5, 0.6) is 5.75 Å². The summed E-state index contributed by atoms with van der Waals surface area (Å²) in [5, 5.41) is 9.18. The molecule has 0 radical (unpaired) electrons. The Morgan fingerprint density at radius 3 is 2.55 bits per heavy atom. The van der Waals surface area contributed by atoms with Crippen molar-refractivity contribution < 1.29 is 9.13 Å². The smallest absolute Gasteiger partial charge is 0.181 e. The number of hydrogen-bond acceptors (Lipinski definition) is 6. The van der Waals surface area contributed by atoms with E-state index in [9.17, 15) is 4.39 Å². The lowest BCUT2D eigenvalue weighted by molar-refractivity contribution is 0.411. The minimum absolute atomic E-state index is 0.375. The number of aromatic nitrogens is 7. The number of nitrogens with zero attached hydrogens (tertiary/aromatic N) is 5. The molecule has 160 valence electrons. The van der Waals surface area contributed by atoms with Gasteiger partial charge in [0.1, 0.15) is 17.9 Å². The van der Waals surface area contributed by atoms with E-state index in [2.05, 4.69) is 35.1 Å². The van der Waals surface area contributed by atoms with Crippen molar-refractivity contribution >= 4 is 21.9 Å². The highest BCUT2D eigenvalue weighted by Gasteiger charge is 2.16. The normalized spacial score (nSPS) is 11.3. The van der Waals surface area contributed by atoms with Crippen LogP contribution in [0.3, 0.4) is 0 Å². The fourth-order valence-electron chi connectivity index (χ4n) is 3.96. The van der Waals surface area contributed by atoms with Gasteiger partial charge in [0.15, 0.2) is 5.65 Å². The first-order valence-corrected chi connectivity index (χ1v) is 10.1. The molecule has 6 rings (SSSR count). The van der Waals surface area contributed by atoms with Crippen molar-refractivity contribution in [3.05, 3.63) is 73.5 Å². The van der Waals surface area contributed by atoms with Gasteiger partial charge in [-0.25, -0.2) is 19.3 Å². The lowest BCUT2D eigenvalue weighted by Gasteiger charge is -2.06. The molecule has 0 bridgehead atoms. The van der Waals surface area contributed by atoms with Gasteiger partial charge in [-0.05, 0) is 29.8 Å². The van der Waals surface area contributed by atoms with Crippen LogP contribution >= 0.6 is 0 Å². The number of aromatic amines is 2. The van der Waals surface area contributed by atoms with E-state index >= 15 is 0 Å². The largest absolute Gasteiger partial charge is 0.497 e. The number of rotatable bonds is 4. The highest BCUT2D eigenvalue weighted by atomic mass is 19.1. The van der Waals surface area contributed by atoms with Gasteiger partial charge in [-0.2, -0.15) is 5.10 Å². The molecular formula is C24H16FN7O. The molecule has 0 saturated carbocycles. The average Bonchev–Trinajstić information content (AvgIpc) is 3.47. The SMILES string of the molecule is COc1cc(F)cc(-c2cncc3[nH]c(-c4[nH]nc5ncc(-c6cncnc6)cc45)cc23)c1. The number of methoxy groups -OCH3 is 1. The second-order valence-corrected chi connectivity index (χ2v) is 7.53. The van der Waals surface area contributed by atoms with Crippen LogP contribution in [0, 0.1) is 5.82 Å². The highest BCUT2D eigenvalue weighted by molar-refractivity contribution is 6.00. The molecule has 0 unspecified atom stereocenters. The molecule has 0 aliphatic carbocycles. The number of fused-ring (bicyclic) bond motifs is 2. The molecule has 9 heteroatoms. The van der Waals surface area contributed by atoms with Crippen molar-refractivity contribution in [3.63, 3.8) is 0 Å². The van der Waals surface area contributed by atoms with Gasteiger partial charge in [0.2, 0.25) is 0 Å². The van der Waals surface area contributed by atoms with Gasteiger partial charge in [0.05, 0.1) is 30.2 Å². The fraction of sp³-hybridized carbons (Fsp3) is 0.0417. The third-order valence-corrected chi connectivity index (χ3v) is 5.54. The van der Waals surface area contributed by atoms with Crippen molar-refractivity contribution in [1.29, 1.82) is 0 Å². The molecule has 0 aliphatic heterocycles. The Morgan fingerprint density at radius 2 is 1.70 bits per heavy atom. The lowest BCUT2D eigenvalue weighted by Crippen LogP contribution is -1.88. The number of pyridine rings is 2. The molecular weight excluding hydrogens is 421 g/mol. The van der Waals surface area contributed by atoms with Crippen LogP contribution in [-0.4, -0.2) is 42.2 Å². The Kier molecular flexibility index (Phi) is 4.32. The van der Waals surface area contributed by atoms with E-state index in [-0.39, 0.29) is 5.82 Å². The van der Waals surface area contributed by atoms with Gasteiger partial charge in [0.25, 0.3) is 0 Å². The third kappa shape index (κ3) is 3.26. The quantitative estimate of drug-likeness (QED) is 0.411. The van der Waals surface area contributed by atoms with Crippen molar-refractivity contribution in [2.45, 2.75) is 0 Å². The fourth-order valence-corrected chi connectivity index (χ4v) is 3.96. The third-order valence-electron chi connectivity index (χ3n) is 5.54. The van der Waals surface area contributed by atoms with Gasteiger partial charge in [-0.3, -0.25) is 10.1 Å². The van der Waals surface area contributed by atoms with Crippen LogP contribution in [0.15, 0.2) is 67.6 Å². The molecule has 33 heavy (non-hydrogen) atoms. The van der Waals surface area contributed by atoms with Gasteiger partial charge in [-0.1, -0.05) is 0 Å². The molecule has 8 nitrogen and oxygen atoms in total. The molecule has 0 atom stereocenters. The summed E-state index contributed by atoms with van der Waals surface area (Å²) in [5.74, 6) is 0.0704. The molecule has 0 aliphatic rings. The first-order chi connectivity index (χ1) is 16.2. The number of nitrogens with one attached hydrogen (secondary N) is 2. The van der Waals surface area contributed by atoms with Gasteiger partial charge in [-0.15, -0.1) is 0 Å². The van der Waals surface area contributed by atoms with E-state index in [1.165, 1.54) is 25.6 Å². The minimum atomic E-state index is -0.375. The summed E-state index contributed by atoms with van der Waals surface area (Å²) in [4.78, 5) is 20.4. The monoisotopic (exact) mass is 437 g/mol. The van der Waals surface area contributed by atoms with Gasteiger partial charge >= 0.3 is 0 Å². The zero-order valence-corrected chi connectivity index (χ0v) is 17.4. The van der Waals surface area contributed by atoms with Crippen LogP contribution in [0.1, 0.15) is 0 Å². The maximum absolute atomic E-state index is 14.1. The Morgan fingerprint density at radius 1 is 0.818 bits per heavy atom. The summed E-state index contributed by atoms with van der Waals surface area (Å²) in [7, 11) is 1.51. The zero-order chi connectivity index (χ0) is 22.4. The molecule has 1 aromatic carbocycles. The number of hydrogen-bond donors (Lipinski definition) is 2. The number of halogens is 1. The Labute approximate surface area is 186 Å². The number of H-pyrrole nitrogens is 2. The van der Waals surface area contributed by atoms with Crippen LogP contribution in [0.4, 0.5) is 4.39 Å². The second kappa shape index (κ2) is 7.49. The van der Waals surface area contributed by atoms with Crippen LogP contribution in [0.25, 0.3) is 55.6 Å². The molecule has 2 N–H and O–H groups in total. The van der Waals surface area contributed by atoms with E-state index in [4.69, 9.17) is 4.74 Å². The van der Waals surface area contributed by atoms with Crippen molar-refractivity contribution in [2.24, 2.45) is 0 Å². The first kappa shape index (κ1) is 19.1. The minimum Gasteiger partial charge on any atom is -0.497 e. The zero-order valence-electron chi connectivity index (χ0n) is 17.4. The Balaban J connectivity index is 1.50. The van der Waals surface area contributed by atoms with Crippen LogP contribution in [-0.2, 0) is 0 Å². The van der Waals surface area contributed by atoms with Crippen molar-refractivity contribution in [3.8, 4) is 39.4 Å². The maximum atomic E-state index is 14.1. The summed E-state index contributed by atoms with van der Waals surface area (Å²) in [6, 6.07) is 8.60. The summed E-state index contributed by atoms with van der Waals surface area (Å²) in [6.45, 7) is 0. The summed E-state index contributed by atoms with van der Waals surface area (Å²) < 4.78 is 19.4. The second-order valence-electron chi connectivity index (χ2n) is 7.53. The Bertz CT molecular complexity index is 1620. The summed E-state index contributed by atoms with van der Waals surface area (Å²) in [6.07, 6.45) is 10.2. The lowest BCUT2D eigenvalue weighted by atomic mass is 10.0. The summed E-state index contributed by atoms with van der Waals surface area (Å²) in [5.41, 5.74) is 6.23. The van der Waals surface area contributed by atoms with E-state index in [1.807, 2.05) is 12.1 Å². The predicted octanol–water partition coefficient (Wildman–Crippen LogP) is 4.77. The van der Waals surface area contributed by atoms with Crippen molar-refractivity contribution in [1.82, 2.24) is 35.1 Å². The highest BCUT2D eigenvalue weighted by Crippen LogP contribution is 2.35. The molecule has 6 aromatic rings. The molecule has 0 amide bonds. The van der Waals surface area contributed by atoms with E-state index in [1.54, 1.807) is 37.1 Å². The molecule has 0 saturated heterocycles. The average molecular weight is 437 g/mol. The molecule has 5 heterocycles. The van der Waals surface area contributed by atoms with Crippen LogP contribution in [0.2, 0.25) is 0 Å². The van der Waals surface area contributed by atoms with E-state index < -0.39 is 0 Å². The van der Waals surface area contributed by atoms with Crippen LogP contribution < -0.4 is 4.74 Å². The number of ether oxygens (including phenoxy) is 1. The standard InChI is InChI=1S/C24H16FN7O/c1-33-17-3-13(2-16(25)5-17)20-10-26-11-22-18(20)6-21(30-22)23-19-4-14(9-29-24(19)32-31-23)15-7-27-12-28-8-15/h2-12,30H,1H3,(H,29,31,32). The molecule has 0 fully saturated rings. The first-order valence-electron chi connectivity index (χ1n) is 10.1. The number of benzene rings is 1. The van der Waals surface area contributed by atoms with E-state index in [0.717, 1.165) is 44.4 Å². The van der Waals surface area contributed by atoms with E-state index in [0.29, 0.717) is 17.0 Å². The molecule has 0 spiro atoms. The molecule has 5 aromatic heterocycles. The predicted molar refractivity (Wildman–Crippen MR) is 122 cm³/mol.